The number of ether oxygens (including phenoxy) is 1. The number of carbonyl (C=O) groups is 1. The molecule has 0 saturated carbocycles. The van der Waals surface area contributed by atoms with Gasteiger partial charge in [0.05, 0.1) is 6.10 Å². The van der Waals surface area contributed by atoms with Gasteiger partial charge in [-0.05, 0) is 40.0 Å². The topological polar surface area (TPSA) is 61.8 Å². The molecule has 106 valence electrons. The molecule has 1 amide bonds. The third-order valence-electron chi connectivity index (χ3n) is 2.77. The molecule has 2 aliphatic rings. The zero-order chi connectivity index (χ0) is 13.6. The molecule has 5 nitrogen and oxygen atoms in total. The lowest BCUT2D eigenvalue weighted by molar-refractivity contribution is 0.0216. The highest BCUT2D eigenvalue weighted by Gasteiger charge is 2.22. The molecule has 2 rings (SSSR count). The third kappa shape index (κ3) is 6.21. The smallest absolute Gasteiger partial charge is 0.410 e. The van der Waals surface area contributed by atoms with Crippen molar-refractivity contribution in [1.29, 1.82) is 0 Å². The number of likely N-dealkylation sites (tertiary alicyclic amines) is 1. The van der Waals surface area contributed by atoms with Gasteiger partial charge in [0.15, 0.2) is 0 Å². The molecule has 18 heavy (non-hydrogen) atoms. The van der Waals surface area contributed by atoms with Crippen LogP contribution < -0.4 is 5.32 Å². The van der Waals surface area contributed by atoms with Crippen LogP contribution >= 0.6 is 0 Å². The summed E-state index contributed by atoms with van der Waals surface area (Å²) in [5, 5.41) is 11.3. The Morgan fingerprint density at radius 2 is 1.72 bits per heavy atom. The summed E-state index contributed by atoms with van der Waals surface area (Å²) in [5.74, 6) is 0. The molecule has 0 aliphatic carbocycles. The molecular weight excluding hydrogens is 232 g/mol. The number of aliphatic hydroxyl groups excluding tert-OH is 1. The molecular formula is C13H26N2O3. The Labute approximate surface area is 109 Å². The second-order valence-corrected chi connectivity index (χ2v) is 5.84. The second-order valence-electron chi connectivity index (χ2n) is 5.84. The lowest BCUT2D eigenvalue weighted by Crippen LogP contribution is -2.46. The molecule has 2 fully saturated rings. The van der Waals surface area contributed by atoms with E-state index in [2.05, 4.69) is 5.32 Å². The van der Waals surface area contributed by atoms with Crippen molar-refractivity contribution in [3.63, 3.8) is 0 Å². The van der Waals surface area contributed by atoms with Crippen molar-refractivity contribution in [2.45, 2.75) is 51.7 Å². The fourth-order valence-electron chi connectivity index (χ4n) is 1.68. The largest absolute Gasteiger partial charge is 0.444 e. The molecule has 0 aromatic heterocycles. The van der Waals surface area contributed by atoms with E-state index in [0.717, 1.165) is 39.0 Å². The summed E-state index contributed by atoms with van der Waals surface area (Å²) >= 11 is 0. The molecule has 2 saturated heterocycles. The Hall–Kier alpha value is -0.810. The van der Waals surface area contributed by atoms with Crippen LogP contribution in [0.5, 0.6) is 0 Å². The maximum atomic E-state index is 11.5. The number of nitrogens with zero attached hydrogens (tertiary/aromatic N) is 1. The van der Waals surface area contributed by atoms with Gasteiger partial charge >= 0.3 is 6.09 Å². The fourth-order valence-corrected chi connectivity index (χ4v) is 1.68. The maximum Gasteiger partial charge on any atom is 0.410 e. The number of piperidine rings is 1. The third-order valence-corrected chi connectivity index (χ3v) is 2.77. The van der Waals surface area contributed by atoms with Crippen LogP contribution in [0.2, 0.25) is 0 Å². The Balaban J connectivity index is 0.000000269. The molecule has 0 aromatic rings. The van der Waals surface area contributed by atoms with Crippen molar-refractivity contribution >= 4 is 6.09 Å². The molecule has 0 aromatic carbocycles. The predicted molar refractivity (Wildman–Crippen MR) is 70.5 cm³/mol. The highest BCUT2D eigenvalue weighted by Crippen LogP contribution is 2.14. The minimum absolute atomic E-state index is 0.0463. The molecule has 2 N–H and O–H groups in total. The summed E-state index contributed by atoms with van der Waals surface area (Å²) in [6.45, 7) is 8.99. The Kier molecular flexibility index (Phi) is 5.88. The first-order valence-corrected chi connectivity index (χ1v) is 6.75. The van der Waals surface area contributed by atoms with Crippen molar-refractivity contribution in [1.82, 2.24) is 10.2 Å². The van der Waals surface area contributed by atoms with Gasteiger partial charge in [0.2, 0.25) is 0 Å². The monoisotopic (exact) mass is 258 g/mol. The summed E-state index contributed by atoms with van der Waals surface area (Å²) in [4.78, 5) is 13.3. The highest BCUT2D eigenvalue weighted by molar-refractivity contribution is 5.68. The number of aliphatic hydroxyl groups is 1. The first-order chi connectivity index (χ1) is 8.38. The Morgan fingerprint density at radius 3 is 2.06 bits per heavy atom. The molecule has 0 atom stereocenters. The van der Waals surface area contributed by atoms with Crippen LogP contribution in [0, 0.1) is 0 Å². The van der Waals surface area contributed by atoms with Gasteiger partial charge in [0, 0.05) is 26.2 Å². The van der Waals surface area contributed by atoms with E-state index in [1.165, 1.54) is 6.42 Å². The van der Waals surface area contributed by atoms with Gasteiger partial charge in [-0.15, -0.1) is 0 Å². The standard InChI is InChI=1S/C10H19NO2.C3H7NO/c1-10(2,3)13-9(12)11-7-5-4-6-8-11;5-3-1-4-2-3/h4-8H2,1-3H3;3-5H,1-2H2. The van der Waals surface area contributed by atoms with Crippen molar-refractivity contribution < 1.29 is 14.6 Å². The average Bonchev–Trinajstić information content (AvgIpc) is 2.26. The minimum atomic E-state index is -0.367. The first kappa shape index (κ1) is 15.2. The number of nitrogens with one attached hydrogen (secondary N) is 1. The first-order valence-electron chi connectivity index (χ1n) is 6.75. The number of rotatable bonds is 0. The zero-order valence-corrected chi connectivity index (χ0v) is 11.7. The summed E-state index contributed by atoms with van der Waals surface area (Å²) < 4.78 is 5.26. The van der Waals surface area contributed by atoms with E-state index in [9.17, 15) is 4.79 Å². The van der Waals surface area contributed by atoms with Crippen LogP contribution in [0.15, 0.2) is 0 Å². The van der Waals surface area contributed by atoms with Crippen LogP contribution in [0.1, 0.15) is 40.0 Å². The maximum absolute atomic E-state index is 11.5. The predicted octanol–water partition coefficient (Wildman–Crippen LogP) is 1.36. The number of carbonyl (C=O) groups excluding carboxylic acids is 1. The number of β-amino-alcohol motifs (C(OH)–C–C–N with tert-alkyl or cyclic N) is 1. The lowest BCUT2D eigenvalue weighted by atomic mass is 10.1. The quantitative estimate of drug-likeness (QED) is 0.688. The van der Waals surface area contributed by atoms with Crippen LogP contribution in [0.3, 0.4) is 0 Å². The van der Waals surface area contributed by atoms with Gasteiger partial charge in [-0.1, -0.05) is 0 Å². The summed E-state index contributed by atoms with van der Waals surface area (Å²) in [6, 6.07) is 0. The average molecular weight is 258 g/mol. The second kappa shape index (κ2) is 6.95. The number of hydrogen-bond acceptors (Lipinski definition) is 4. The van der Waals surface area contributed by atoms with Gasteiger partial charge in [-0.3, -0.25) is 0 Å². The van der Waals surface area contributed by atoms with Gasteiger partial charge in [-0.2, -0.15) is 0 Å². The van der Waals surface area contributed by atoms with Crippen LogP contribution in [-0.2, 0) is 4.74 Å². The van der Waals surface area contributed by atoms with Crippen LogP contribution in [0.4, 0.5) is 4.79 Å². The van der Waals surface area contributed by atoms with Crippen molar-refractivity contribution in [3.05, 3.63) is 0 Å². The normalized spacial score (nSPS) is 20.6. The molecule has 0 bridgehead atoms. The van der Waals surface area contributed by atoms with E-state index in [1.807, 2.05) is 20.8 Å². The SMILES string of the molecule is CC(C)(C)OC(=O)N1CCCCC1.OC1CNC1. The summed E-state index contributed by atoms with van der Waals surface area (Å²) in [6.07, 6.45) is 3.25. The fraction of sp³-hybridized carbons (Fsp3) is 0.923. The molecule has 5 heteroatoms. The van der Waals surface area contributed by atoms with E-state index < -0.39 is 0 Å². The summed E-state index contributed by atoms with van der Waals surface area (Å²) in [7, 11) is 0. The van der Waals surface area contributed by atoms with Gasteiger partial charge in [0.25, 0.3) is 0 Å². The zero-order valence-electron chi connectivity index (χ0n) is 11.7. The summed E-state index contributed by atoms with van der Waals surface area (Å²) in [5.41, 5.74) is -0.367. The van der Waals surface area contributed by atoms with E-state index in [-0.39, 0.29) is 17.8 Å². The molecule has 2 aliphatic heterocycles. The van der Waals surface area contributed by atoms with E-state index in [0.29, 0.717) is 0 Å². The van der Waals surface area contributed by atoms with E-state index in [4.69, 9.17) is 9.84 Å². The number of hydrogen-bond donors (Lipinski definition) is 2. The molecule has 0 spiro atoms. The van der Waals surface area contributed by atoms with Crippen LogP contribution in [-0.4, -0.2) is 54.0 Å². The van der Waals surface area contributed by atoms with Gasteiger partial charge in [0.1, 0.15) is 5.60 Å². The van der Waals surface area contributed by atoms with Gasteiger partial charge < -0.3 is 20.1 Å². The lowest BCUT2D eigenvalue weighted by Gasteiger charge is -2.29. The van der Waals surface area contributed by atoms with Crippen molar-refractivity contribution in [3.8, 4) is 0 Å². The Bertz CT molecular complexity index is 253. The van der Waals surface area contributed by atoms with Crippen molar-refractivity contribution in [2.75, 3.05) is 26.2 Å². The number of amides is 1. The Morgan fingerprint density at radius 1 is 1.22 bits per heavy atom. The van der Waals surface area contributed by atoms with Crippen LogP contribution in [0.25, 0.3) is 0 Å². The molecule has 0 radical (unpaired) electrons. The highest BCUT2D eigenvalue weighted by atomic mass is 16.6. The minimum Gasteiger partial charge on any atom is -0.444 e. The van der Waals surface area contributed by atoms with Gasteiger partial charge in [-0.25, -0.2) is 4.79 Å². The molecule has 0 unspecified atom stereocenters. The molecule has 2 heterocycles. The van der Waals surface area contributed by atoms with Crippen molar-refractivity contribution in [2.24, 2.45) is 0 Å². The van der Waals surface area contributed by atoms with E-state index >= 15 is 0 Å². The van der Waals surface area contributed by atoms with E-state index in [1.54, 1.807) is 4.90 Å².